The summed E-state index contributed by atoms with van der Waals surface area (Å²) < 4.78 is 0. The molecular weight excluding hydrogens is 264 g/mol. The van der Waals surface area contributed by atoms with Crippen LogP contribution in [0, 0.1) is 0 Å². The second-order valence-corrected chi connectivity index (χ2v) is 4.69. The molecule has 0 saturated heterocycles. The van der Waals surface area contributed by atoms with Gasteiger partial charge in [-0.2, -0.15) is 0 Å². The number of nitrogens with two attached hydrogens (primary N) is 1. The zero-order valence-electron chi connectivity index (χ0n) is 9.91. The molecule has 0 fully saturated rings. The number of amidine groups is 1. The van der Waals surface area contributed by atoms with E-state index in [2.05, 4.69) is 15.5 Å². The van der Waals surface area contributed by atoms with Crippen molar-refractivity contribution in [2.75, 3.05) is 0 Å². The number of nitrogens with zero attached hydrogens (tertiary/aromatic N) is 2. The van der Waals surface area contributed by atoms with E-state index in [9.17, 15) is 4.79 Å². The van der Waals surface area contributed by atoms with Crippen LogP contribution in [-0.4, -0.2) is 21.9 Å². The maximum atomic E-state index is 11.9. The average Bonchev–Trinajstić information content (AvgIpc) is 2.97. The summed E-state index contributed by atoms with van der Waals surface area (Å²) in [5.41, 5.74) is 8.13. The van der Waals surface area contributed by atoms with Crippen LogP contribution in [0.15, 0.2) is 41.1 Å². The number of benzene rings is 1. The predicted molar refractivity (Wildman–Crippen MR) is 72.2 cm³/mol. The van der Waals surface area contributed by atoms with Gasteiger partial charge in [0, 0.05) is 22.2 Å². The lowest BCUT2D eigenvalue weighted by Gasteiger charge is -2.05. The van der Waals surface area contributed by atoms with Gasteiger partial charge >= 0.3 is 0 Å². The summed E-state index contributed by atoms with van der Waals surface area (Å²) in [5.74, 6) is -0.252. The molecule has 0 bridgehead atoms. The highest BCUT2D eigenvalue weighted by Gasteiger charge is 2.08. The lowest BCUT2D eigenvalue weighted by atomic mass is 10.1. The van der Waals surface area contributed by atoms with E-state index in [1.807, 2.05) is 0 Å². The van der Waals surface area contributed by atoms with Gasteiger partial charge in [0.2, 0.25) is 0 Å². The second-order valence-electron chi connectivity index (χ2n) is 3.72. The van der Waals surface area contributed by atoms with Crippen LogP contribution < -0.4 is 11.1 Å². The molecule has 98 valence electrons. The van der Waals surface area contributed by atoms with Gasteiger partial charge in [0.25, 0.3) is 5.91 Å². The van der Waals surface area contributed by atoms with Crippen LogP contribution in [0.25, 0.3) is 0 Å². The third-order valence-electron chi connectivity index (χ3n) is 2.43. The summed E-state index contributed by atoms with van der Waals surface area (Å²) in [7, 11) is 0. The minimum absolute atomic E-state index is 0.0305. The van der Waals surface area contributed by atoms with Crippen LogP contribution in [0.2, 0.25) is 0 Å². The summed E-state index contributed by atoms with van der Waals surface area (Å²) in [5, 5.41) is 14.3. The number of rotatable bonds is 4. The molecule has 19 heavy (non-hydrogen) atoms. The number of aromatic nitrogens is 1. The Morgan fingerprint density at radius 2 is 2.26 bits per heavy atom. The molecule has 0 saturated carbocycles. The molecule has 1 amide bonds. The maximum absolute atomic E-state index is 11.9. The fourth-order valence-electron chi connectivity index (χ4n) is 1.48. The van der Waals surface area contributed by atoms with Gasteiger partial charge in [-0.15, -0.1) is 11.3 Å². The van der Waals surface area contributed by atoms with Gasteiger partial charge in [0.15, 0.2) is 5.84 Å². The average molecular weight is 276 g/mol. The van der Waals surface area contributed by atoms with Gasteiger partial charge in [0.1, 0.15) is 0 Å². The van der Waals surface area contributed by atoms with E-state index in [0.717, 1.165) is 4.88 Å². The Morgan fingerprint density at radius 3 is 2.95 bits per heavy atom. The first-order valence-corrected chi connectivity index (χ1v) is 6.32. The van der Waals surface area contributed by atoms with E-state index in [1.165, 1.54) is 11.3 Å². The highest BCUT2D eigenvalue weighted by Crippen LogP contribution is 2.07. The largest absolute Gasteiger partial charge is 0.409 e. The number of hydrogen-bond acceptors (Lipinski definition) is 5. The summed E-state index contributed by atoms with van der Waals surface area (Å²) in [4.78, 5) is 16.8. The number of thiazole rings is 1. The monoisotopic (exact) mass is 276 g/mol. The van der Waals surface area contributed by atoms with E-state index < -0.39 is 0 Å². The van der Waals surface area contributed by atoms with Gasteiger partial charge in [-0.3, -0.25) is 9.78 Å². The van der Waals surface area contributed by atoms with Crippen LogP contribution in [0.4, 0.5) is 0 Å². The highest BCUT2D eigenvalue weighted by molar-refractivity contribution is 7.09. The van der Waals surface area contributed by atoms with E-state index in [0.29, 0.717) is 17.7 Å². The first kappa shape index (κ1) is 13.0. The molecule has 0 aliphatic rings. The van der Waals surface area contributed by atoms with Gasteiger partial charge in [0.05, 0.1) is 12.1 Å². The van der Waals surface area contributed by atoms with Crippen molar-refractivity contribution in [3.63, 3.8) is 0 Å². The standard InChI is InChI=1S/C12H12N4O2S/c13-11(16-18)8-2-1-3-9(4-8)12(17)15-6-10-5-14-7-19-10/h1-5,7,18H,6H2,(H2,13,16)(H,15,17). The van der Waals surface area contributed by atoms with Gasteiger partial charge in [-0.25, -0.2) is 0 Å². The zero-order chi connectivity index (χ0) is 13.7. The molecule has 0 aliphatic carbocycles. The number of amides is 1. The normalized spacial score (nSPS) is 11.3. The number of carbonyl (C=O) groups excluding carboxylic acids is 1. The fraction of sp³-hybridized carbons (Fsp3) is 0.0833. The third-order valence-corrected chi connectivity index (χ3v) is 3.21. The highest BCUT2D eigenvalue weighted by atomic mass is 32.1. The molecule has 6 nitrogen and oxygen atoms in total. The van der Waals surface area contributed by atoms with Crippen molar-refractivity contribution in [3.05, 3.63) is 52.0 Å². The number of carbonyl (C=O) groups is 1. The van der Waals surface area contributed by atoms with Gasteiger partial charge in [-0.1, -0.05) is 17.3 Å². The number of hydrogen-bond donors (Lipinski definition) is 3. The van der Waals surface area contributed by atoms with Crippen molar-refractivity contribution in [1.82, 2.24) is 10.3 Å². The Bertz CT molecular complexity index is 596. The van der Waals surface area contributed by atoms with E-state index in [1.54, 1.807) is 36.0 Å². The molecule has 0 aliphatic heterocycles. The van der Waals surface area contributed by atoms with E-state index in [4.69, 9.17) is 10.9 Å². The maximum Gasteiger partial charge on any atom is 0.251 e. The fourth-order valence-corrected chi connectivity index (χ4v) is 2.01. The van der Waals surface area contributed by atoms with Crippen LogP contribution in [0.5, 0.6) is 0 Å². The molecule has 7 heteroatoms. The Balaban J connectivity index is 2.07. The minimum Gasteiger partial charge on any atom is -0.409 e. The molecule has 2 rings (SSSR count). The van der Waals surface area contributed by atoms with Crippen molar-refractivity contribution >= 4 is 23.1 Å². The topological polar surface area (TPSA) is 101 Å². The molecule has 1 heterocycles. The van der Waals surface area contributed by atoms with Crippen LogP contribution in [-0.2, 0) is 6.54 Å². The second kappa shape index (κ2) is 5.96. The smallest absolute Gasteiger partial charge is 0.251 e. The Hall–Kier alpha value is -2.41. The van der Waals surface area contributed by atoms with Crippen molar-refractivity contribution in [1.29, 1.82) is 0 Å². The Kier molecular flexibility index (Phi) is 4.09. The summed E-state index contributed by atoms with van der Waals surface area (Å²) in [6.07, 6.45) is 1.71. The quantitative estimate of drug-likeness (QED) is 0.338. The SMILES string of the molecule is N/C(=N/O)c1cccc(C(=O)NCc2cncs2)c1. The molecule has 0 spiro atoms. The lowest BCUT2D eigenvalue weighted by molar-refractivity contribution is 0.0951. The van der Waals surface area contributed by atoms with Crippen molar-refractivity contribution in [2.45, 2.75) is 6.54 Å². The molecule has 0 unspecified atom stereocenters. The van der Waals surface area contributed by atoms with Crippen LogP contribution in [0.1, 0.15) is 20.8 Å². The Morgan fingerprint density at radius 1 is 1.47 bits per heavy atom. The van der Waals surface area contributed by atoms with Crippen molar-refractivity contribution < 1.29 is 10.0 Å². The molecule has 0 radical (unpaired) electrons. The van der Waals surface area contributed by atoms with Crippen molar-refractivity contribution in [2.24, 2.45) is 10.9 Å². The first-order chi connectivity index (χ1) is 9.20. The predicted octanol–water partition coefficient (Wildman–Crippen LogP) is 1.17. The summed E-state index contributed by atoms with van der Waals surface area (Å²) >= 11 is 1.47. The van der Waals surface area contributed by atoms with E-state index >= 15 is 0 Å². The minimum atomic E-state index is -0.221. The third kappa shape index (κ3) is 3.29. The number of oxime groups is 1. The van der Waals surface area contributed by atoms with Crippen LogP contribution in [0.3, 0.4) is 0 Å². The molecule has 4 N–H and O–H groups in total. The van der Waals surface area contributed by atoms with E-state index in [-0.39, 0.29) is 11.7 Å². The molecule has 1 aromatic heterocycles. The number of nitrogens with one attached hydrogen (secondary N) is 1. The summed E-state index contributed by atoms with van der Waals surface area (Å²) in [6.45, 7) is 0.428. The van der Waals surface area contributed by atoms with Crippen LogP contribution >= 0.6 is 11.3 Å². The molecule has 2 aromatic rings. The summed E-state index contributed by atoms with van der Waals surface area (Å²) in [6, 6.07) is 6.57. The first-order valence-electron chi connectivity index (χ1n) is 5.44. The molecule has 0 atom stereocenters. The zero-order valence-corrected chi connectivity index (χ0v) is 10.7. The Labute approximate surface area is 113 Å². The van der Waals surface area contributed by atoms with Gasteiger partial charge in [-0.05, 0) is 12.1 Å². The lowest BCUT2D eigenvalue weighted by Crippen LogP contribution is -2.23. The molecule has 1 aromatic carbocycles. The van der Waals surface area contributed by atoms with Gasteiger partial charge < -0.3 is 16.3 Å². The van der Waals surface area contributed by atoms with Crippen molar-refractivity contribution in [3.8, 4) is 0 Å². The molecular formula is C12H12N4O2S.